The van der Waals surface area contributed by atoms with Crippen LogP contribution < -0.4 is 20.1 Å². The van der Waals surface area contributed by atoms with Crippen LogP contribution in [-0.4, -0.2) is 32.2 Å². The fourth-order valence-electron chi connectivity index (χ4n) is 2.69. The van der Waals surface area contributed by atoms with Crippen LogP contribution in [-0.2, 0) is 0 Å². The molecule has 0 saturated heterocycles. The van der Waals surface area contributed by atoms with Crippen LogP contribution in [0.2, 0.25) is 0 Å². The number of nitrogens with one attached hydrogen (secondary N) is 2. The van der Waals surface area contributed by atoms with Gasteiger partial charge in [-0.2, -0.15) is 8.78 Å². The minimum Gasteiger partial charge on any atom is -0.439 e. The summed E-state index contributed by atoms with van der Waals surface area (Å²) in [5, 5.41) is 5.19. The maximum Gasteiger partial charge on any atom is 0.387 e. The van der Waals surface area contributed by atoms with Crippen molar-refractivity contribution in [3.8, 4) is 23.2 Å². The Balaban J connectivity index is 1.35. The summed E-state index contributed by atoms with van der Waals surface area (Å²) in [6.07, 6.45) is 6.38. The first-order valence-electron chi connectivity index (χ1n) is 9.26. The summed E-state index contributed by atoms with van der Waals surface area (Å²) in [6.45, 7) is -2.94. The zero-order chi connectivity index (χ0) is 22.3. The largest absolute Gasteiger partial charge is 0.439 e. The molecule has 0 unspecified atom stereocenters. The number of aromatic nitrogens is 4. The van der Waals surface area contributed by atoms with E-state index in [0.717, 1.165) is 0 Å². The Morgan fingerprint density at radius 1 is 0.969 bits per heavy atom. The molecule has 0 aliphatic rings. The van der Waals surface area contributed by atoms with Gasteiger partial charge in [-0.1, -0.05) is 6.07 Å². The van der Waals surface area contributed by atoms with Crippen LogP contribution in [0.15, 0.2) is 79.6 Å². The van der Waals surface area contributed by atoms with Gasteiger partial charge in [0.05, 0.1) is 0 Å². The van der Waals surface area contributed by atoms with Crippen molar-refractivity contribution in [1.29, 1.82) is 0 Å². The number of urea groups is 1. The second-order valence-corrected chi connectivity index (χ2v) is 6.30. The quantitative estimate of drug-likeness (QED) is 0.434. The van der Waals surface area contributed by atoms with Crippen LogP contribution >= 0.6 is 0 Å². The average Bonchev–Trinajstić information content (AvgIpc) is 3.30. The van der Waals surface area contributed by atoms with Gasteiger partial charge in [-0.05, 0) is 36.4 Å². The van der Waals surface area contributed by atoms with E-state index in [1.807, 2.05) is 0 Å². The van der Waals surface area contributed by atoms with E-state index < -0.39 is 12.6 Å². The predicted molar refractivity (Wildman–Crippen MR) is 111 cm³/mol. The number of anilines is 2. The molecular formula is C21H16F2N6O3. The first-order chi connectivity index (χ1) is 15.5. The molecule has 2 aromatic carbocycles. The smallest absolute Gasteiger partial charge is 0.387 e. The monoisotopic (exact) mass is 438 g/mol. The summed E-state index contributed by atoms with van der Waals surface area (Å²) in [5.74, 6) is 1.39. The Hall–Kier alpha value is -4.54. The van der Waals surface area contributed by atoms with Gasteiger partial charge in [0.1, 0.15) is 30.0 Å². The van der Waals surface area contributed by atoms with E-state index >= 15 is 0 Å². The van der Waals surface area contributed by atoms with Crippen molar-refractivity contribution in [2.24, 2.45) is 0 Å². The third-order valence-electron chi connectivity index (χ3n) is 4.05. The summed E-state index contributed by atoms with van der Waals surface area (Å²) < 4.78 is 36.4. The number of alkyl halides is 2. The third-order valence-corrected chi connectivity index (χ3v) is 4.05. The highest BCUT2D eigenvalue weighted by Crippen LogP contribution is 2.23. The van der Waals surface area contributed by atoms with Gasteiger partial charge in [-0.15, -0.1) is 0 Å². The number of carbonyl (C=O) groups is 1. The van der Waals surface area contributed by atoms with E-state index in [-0.39, 0.29) is 5.75 Å². The second kappa shape index (κ2) is 9.51. The van der Waals surface area contributed by atoms with Crippen molar-refractivity contribution < 1.29 is 23.0 Å². The van der Waals surface area contributed by atoms with Gasteiger partial charge in [-0.25, -0.2) is 19.7 Å². The Bertz CT molecular complexity index is 1190. The molecule has 0 aliphatic carbocycles. The fraction of sp³-hybridized carbons (Fsp3) is 0.0476. The number of hydrogen-bond acceptors (Lipinski definition) is 6. The molecule has 32 heavy (non-hydrogen) atoms. The zero-order valence-electron chi connectivity index (χ0n) is 16.4. The molecule has 9 nitrogen and oxygen atoms in total. The highest BCUT2D eigenvalue weighted by Gasteiger charge is 2.08. The van der Waals surface area contributed by atoms with Gasteiger partial charge >= 0.3 is 12.6 Å². The molecule has 0 fully saturated rings. The molecule has 4 rings (SSSR count). The number of hydrogen-bond donors (Lipinski definition) is 2. The summed E-state index contributed by atoms with van der Waals surface area (Å²) in [5.41, 5.74) is 0.801. The van der Waals surface area contributed by atoms with E-state index in [1.165, 1.54) is 24.5 Å². The van der Waals surface area contributed by atoms with Crippen molar-refractivity contribution in [2.45, 2.75) is 6.61 Å². The van der Waals surface area contributed by atoms with E-state index in [1.54, 1.807) is 59.7 Å². The minimum absolute atomic E-state index is 0.0554. The lowest BCUT2D eigenvalue weighted by molar-refractivity contribution is -0.0498. The molecule has 0 aliphatic heterocycles. The Labute approximate surface area is 180 Å². The summed E-state index contributed by atoms with van der Waals surface area (Å²) in [4.78, 5) is 24.4. The number of benzene rings is 2. The van der Waals surface area contributed by atoms with Gasteiger partial charge in [-0.3, -0.25) is 4.57 Å². The predicted octanol–water partition coefficient (Wildman–Crippen LogP) is 4.70. The van der Waals surface area contributed by atoms with Gasteiger partial charge in [0.15, 0.2) is 0 Å². The normalized spacial score (nSPS) is 10.6. The molecule has 0 radical (unpaired) electrons. The summed E-state index contributed by atoms with van der Waals surface area (Å²) in [6, 6.07) is 13.4. The number of ether oxygens (including phenoxy) is 2. The van der Waals surface area contributed by atoms with Crippen LogP contribution in [0.5, 0.6) is 17.4 Å². The van der Waals surface area contributed by atoms with E-state index in [4.69, 9.17) is 4.74 Å². The lowest BCUT2D eigenvalue weighted by Crippen LogP contribution is -2.19. The first kappa shape index (κ1) is 20.7. The Morgan fingerprint density at radius 3 is 2.53 bits per heavy atom. The number of rotatable bonds is 7. The maximum atomic E-state index is 12.3. The maximum absolute atomic E-state index is 12.3. The van der Waals surface area contributed by atoms with Crippen LogP contribution in [0.25, 0.3) is 5.82 Å². The highest BCUT2D eigenvalue weighted by molar-refractivity contribution is 5.99. The molecule has 2 N–H and O–H groups in total. The average molecular weight is 438 g/mol. The molecule has 162 valence electrons. The summed E-state index contributed by atoms with van der Waals surface area (Å²) >= 11 is 0. The molecule has 0 saturated carbocycles. The lowest BCUT2D eigenvalue weighted by Gasteiger charge is -2.10. The summed E-state index contributed by atoms with van der Waals surface area (Å²) in [7, 11) is 0. The minimum atomic E-state index is -2.94. The number of nitrogens with zero attached hydrogens (tertiary/aromatic N) is 4. The van der Waals surface area contributed by atoms with Crippen LogP contribution in [0.4, 0.5) is 25.0 Å². The SMILES string of the molecule is O=C(Nc1ccc(Oc2cc(-n3ccnc3)ncn2)cc1)Nc1cccc(OC(F)F)c1. The molecular weight excluding hydrogens is 422 g/mol. The van der Waals surface area contributed by atoms with E-state index in [2.05, 4.69) is 30.3 Å². The van der Waals surface area contributed by atoms with Crippen LogP contribution in [0, 0.1) is 0 Å². The van der Waals surface area contributed by atoms with E-state index in [0.29, 0.717) is 28.8 Å². The molecule has 2 aromatic heterocycles. The van der Waals surface area contributed by atoms with E-state index in [9.17, 15) is 13.6 Å². The molecule has 0 atom stereocenters. The zero-order valence-corrected chi connectivity index (χ0v) is 16.4. The molecule has 0 spiro atoms. The fourth-order valence-corrected chi connectivity index (χ4v) is 2.69. The molecule has 4 aromatic rings. The lowest BCUT2D eigenvalue weighted by atomic mass is 10.3. The third kappa shape index (κ3) is 5.53. The van der Waals surface area contributed by atoms with Crippen molar-refractivity contribution in [1.82, 2.24) is 19.5 Å². The standard InChI is InChI=1S/C21H16F2N6O3/c22-20(23)32-17-3-1-2-15(10-17)28-21(30)27-14-4-6-16(7-5-14)31-19-11-18(25-12-26-19)29-9-8-24-13-29/h1-13,20H,(H2,27,28,30). The molecule has 11 heteroatoms. The van der Waals surface area contributed by atoms with Gasteiger partial charge in [0, 0.05) is 35.9 Å². The highest BCUT2D eigenvalue weighted by atomic mass is 19.3. The number of amides is 2. The first-order valence-corrected chi connectivity index (χ1v) is 9.26. The Kier molecular flexibility index (Phi) is 6.16. The second-order valence-electron chi connectivity index (χ2n) is 6.30. The van der Waals surface area contributed by atoms with Gasteiger partial charge < -0.3 is 20.1 Å². The Morgan fingerprint density at radius 2 is 1.78 bits per heavy atom. The van der Waals surface area contributed by atoms with Crippen molar-refractivity contribution in [2.75, 3.05) is 10.6 Å². The molecule has 0 bridgehead atoms. The molecule has 2 amide bonds. The van der Waals surface area contributed by atoms with Crippen LogP contribution in [0.3, 0.4) is 0 Å². The number of carbonyl (C=O) groups excluding carboxylic acids is 1. The van der Waals surface area contributed by atoms with Gasteiger partial charge in [0.2, 0.25) is 5.88 Å². The number of halogens is 2. The van der Waals surface area contributed by atoms with Crippen molar-refractivity contribution in [3.63, 3.8) is 0 Å². The molecule has 2 heterocycles. The van der Waals surface area contributed by atoms with Crippen LogP contribution in [0.1, 0.15) is 0 Å². The van der Waals surface area contributed by atoms with Crippen molar-refractivity contribution >= 4 is 17.4 Å². The van der Waals surface area contributed by atoms with Gasteiger partial charge in [0.25, 0.3) is 0 Å². The topological polar surface area (TPSA) is 103 Å². The van der Waals surface area contributed by atoms with Crippen molar-refractivity contribution in [3.05, 3.63) is 79.6 Å². The number of imidazole rings is 1.